The summed E-state index contributed by atoms with van der Waals surface area (Å²) < 4.78 is 0. The van der Waals surface area contributed by atoms with Crippen LogP contribution in [0.1, 0.15) is 22.8 Å². The molecule has 3 nitrogen and oxygen atoms in total. The van der Waals surface area contributed by atoms with Crippen molar-refractivity contribution in [3.8, 4) is 0 Å². The lowest BCUT2D eigenvalue weighted by molar-refractivity contribution is -0.116. The average Bonchev–Trinajstić information content (AvgIpc) is 2.17. The maximum absolute atomic E-state index is 11.5. The summed E-state index contributed by atoms with van der Waals surface area (Å²) in [6.07, 6.45) is 0. The third-order valence-electron chi connectivity index (χ3n) is 1.82. The zero-order chi connectivity index (χ0) is 10.6. The Morgan fingerprint density at radius 3 is 2.64 bits per heavy atom. The molecule has 74 valence electrons. The summed E-state index contributed by atoms with van der Waals surface area (Å²) in [5.74, 6) is -1.02. The van der Waals surface area contributed by atoms with Crippen molar-refractivity contribution in [1.29, 1.82) is 0 Å². The number of rotatable bonds is 3. The molecule has 1 rings (SSSR count). The van der Waals surface area contributed by atoms with E-state index >= 15 is 0 Å². The second-order valence-electron chi connectivity index (χ2n) is 3.06. The van der Waals surface area contributed by atoms with Crippen LogP contribution in [0.5, 0.6) is 0 Å². The number of Topliss-reactive ketones (excluding diaryl/α,β-unsaturated/α-hetero) is 1. The molecule has 0 saturated heterocycles. The summed E-state index contributed by atoms with van der Waals surface area (Å²) in [7, 11) is 0. The van der Waals surface area contributed by atoms with Gasteiger partial charge in [0.2, 0.25) is 5.78 Å². The fourth-order valence-electron chi connectivity index (χ4n) is 1.16. The topological polar surface area (TPSA) is 46.2 Å². The number of hydrogen-bond donors (Lipinski definition) is 1. The number of carbonyl (C=O) groups excluding carboxylic acids is 2. The van der Waals surface area contributed by atoms with Gasteiger partial charge in [0.1, 0.15) is 0 Å². The highest BCUT2D eigenvalue weighted by Gasteiger charge is 2.14. The summed E-state index contributed by atoms with van der Waals surface area (Å²) in [6, 6.07) is 7.00. The normalized spacial score (nSPS) is 9.57. The Morgan fingerprint density at radius 2 is 2.07 bits per heavy atom. The molecule has 3 heteroatoms. The molecular formula is C11H13NO2. The predicted molar refractivity (Wildman–Crippen MR) is 54.2 cm³/mol. The predicted octanol–water partition coefficient (Wildman–Crippen LogP) is 1.31. The van der Waals surface area contributed by atoms with E-state index in [1.165, 1.54) is 0 Å². The molecule has 1 aromatic carbocycles. The van der Waals surface area contributed by atoms with Gasteiger partial charge in [0.15, 0.2) is 0 Å². The molecule has 0 aliphatic carbocycles. The summed E-state index contributed by atoms with van der Waals surface area (Å²) in [5, 5.41) is 2.47. The van der Waals surface area contributed by atoms with Crippen LogP contribution in [0.25, 0.3) is 0 Å². The van der Waals surface area contributed by atoms with Crippen molar-refractivity contribution in [2.45, 2.75) is 13.8 Å². The summed E-state index contributed by atoms with van der Waals surface area (Å²) >= 11 is 0. The van der Waals surface area contributed by atoms with Crippen molar-refractivity contribution in [3.63, 3.8) is 0 Å². The van der Waals surface area contributed by atoms with E-state index in [2.05, 4.69) is 5.32 Å². The van der Waals surface area contributed by atoms with Gasteiger partial charge < -0.3 is 5.32 Å². The van der Waals surface area contributed by atoms with Crippen LogP contribution in [0.15, 0.2) is 24.3 Å². The zero-order valence-corrected chi connectivity index (χ0v) is 8.33. The summed E-state index contributed by atoms with van der Waals surface area (Å²) in [5.41, 5.74) is 1.41. The molecule has 0 fully saturated rings. The SMILES string of the molecule is CCNC(=O)C(=O)c1cccc(C)c1. The van der Waals surface area contributed by atoms with Gasteiger partial charge in [-0.05, 0) is 19.9 Å². The monoisotopic (exact) mass is 191 g/mol. The average molecular weight is 191 g/mol. The Balaban J connectivity index is 2.84. The first-order valence-electron chi connectivity index (χ1n) is 4.54. The zero-order valence-electron chi connectivity index (χ0n) is 8.33. The number of amides is 1. The third-order valence-corrected chi connectivity index (χ3v) is 1.82. The number of nitrogens with one attached hydrogen (secondary N) is 1. The van der Waals surface area contributed by atoms with E-state index in [1.54, 1.807) is 25.1 Å². The van der Waals surface area contributed by atoms with Gasteiger partial charge in [-0.25, -0.2) is 0 Å². The van der Waals surface area contributed by atoms with E-state index in [4.69, 9.17) is 0 Å². The smallest absolute Gasteiger partial charge is 0.292 e. The quantitative estimate of drug-likeness (QED) is 0.578. The van der Waals surface area contributed by atoms with E-state index in [0.29, 0.717) is 12.1 Å². The number of ketones is 1. The van der Waals surface area contributed by atoms with Crippen LogP contribution in [0.2, 0.25) is 0 Å². The van der Waals surface area contributed by atoms with Crippen molar-refractivity contribution in [3.05, 3.63) is 35.4 Å². The number of hydrogen-bond acceptors (Lipinski definition) is 2. The lowest BCUT2D eigenvalue weighted by Gasteiger charge is -2.01. The van der Waals surface area contributed by atoms with Crippen LogP contribution in [-0.4, -0.2) is 18.2 Å². The lowest BCUT2D eigenvalue weighted by Crippen LogP contribution is -2.30. The van der Waals surface area contributed by atoms with Crippen LogP contribution in [0, 0.1) is 6.92 Å². The first-order valence-corrected chi connectivity index (χ1v) is 4.54. The number of carbonyl (C=O) groups is 2. The molecule has 0 aliphatic heterocycles. The minimum absolute atomic E-state index is 0.441. The second kappa shape index (κ2) is 4.56. The highest BCUT2D eigenvalue weighted by atomic mass is 16.2. The Labute approximate surface area is 83.1 Å². The lowest BCUT2D eigenvalue weighted by atomic mass is 10.1. The van der Waals surface area contributed by atoms with Crippen LogP contribution in [0.3, 0.4) is 0 Å². The fraction of sp³-hybridized carbons (Fsp3) is 0.273. The fourth-order valence-corrected chi connectivity index (χ4v) is 1.16. The molecule has 0 spiro atoms. The first kappa shape index (κ1) is 10.4. The number of benzene rings is 1. The van der Waals surface area contributed by atoms with Crippen LogP contribution in [-0.2, 0) is 4.79 Å². The number of aryl methyl sites for hydroxylation is 1. The Kier molecular flexibility index (Phi) is 3.40. The molecule has 0 bridgehead atoms. The van der Waals surface area contributed by atoms with Gasteiger partial charge in [0.05, 0.1) is 0 Å². The van der Waals surface area contributed by atoms with Crippen molar-refractivity contribution < 1.29 is 9.59 Å². The van der Waals surface area contributed by atoms with E-state index in [9.17, 15) is 9.59 Å². The van der Waals surface area contributed by atoms with Crippen LogP contribution < -0.4 is 5.32 Å². The molecule has 0 unspecified atom stereocenters. The van der Waals surface area contributed by atoms with Crippen LogP contribution >= 0.6 is 0 Å². The van der Waals surface area contributed by atoms with Gasteiger partial charge in [0, 0.05) is 12.1 Å². The van der Waals surface area contributed by atoms with Gasteiger partial charge >= 0.3 is 0 Å². The van der Waals surface area contributed by atoms with Gasteiger partial charge in [-0.3, -0.25) is 9.59 Å². The highest BCUT2D eigenvalue weighted by molar-refractivity contribution is 6.42. The third kappa shape index (κ3) is 2.42. The number of likely N-dealkylation sites (N-methyl/N-ethyl adjacent to an activating group) is 1. The highest BCUT2D eigenvalue weighted by Crippen LogP contribution is 2.04. The molecule has 0 atom stereocenters. The second-order valence-corrected chi connectivity index (χ2v) is 3.06. The van der Waals surface area contributed by atoms with Gasteiger partial charge in [-0.1, -0.05) is 23.8 Å². The molecular weight excluding hydrogens is 178 g/mol. The Bertz CT molecular complexity index is 358. The molecule has 1 N–H and O–H groups in total. The molecule has 0 saturated carbocycles. The van der Waals surface area contributed by atoms with Gasteiger partial charge in [-0.2, -0.15) is 0 Å². The minimum Gasteiger partial charge on any atom is -0.349 e. The Hall–Kier alpha value is -1.64. The standard InChI is InChI=1S/C11H13NO2/c1-3-12-11(14)10(13)9-6-4-5-8(2)7-9/h4-7H,3H2,1-2H3,(H,12,14). The van der Waals surface area contributed by atoms with Gasteiger partial charge in [-0.15, -0.1) is 0 Å². The first-order chi connectivity index (χ1) is 6.65. The van der Waals surface area contributed by atoms with E-state index < -0.39 is 11.7 Å². The van der Waals surface area contributed by atoms with E-state index in [1.807, 2.05) is 13.0 Å². The molecule has 1 amide bonds. The van der Waals surface area contributed by atoms with E-state index in [-0.39, 0.29) is 0 Å². The van der Waals surface area contributed by atoms with Crippen molar-refractivity contribution >= 4 is 11.7 Å². The molecule has 0 aliphatic rings. The molecule has 14 heavy (non-hydrogen) atoms. The van der Waals surface area contributed by atoms with E-state index in [0.717, 1.165) is 5.56 Å². The summed E-state index contributed by atoms with van der Waals surface area (Å²) in [6.45, 7) is 4.13. The molecule has 0 heterocycles. The Morgan fingerprint density at radius 1 is 1.36 bits per heavy atom. The minimum atomic E-state index is -0.543. The molecule has 0 radical (unpaired) electrons. The summed E-state index contributed by atoms with van der Waals surface area (Å²) in [4.78, 5) is 22.7. The van der Waals surface area contributed by atoms with Crippen molar-refractivity contribution in [2.24, 2.45) is 0 Å². The maximum Gasteiger partial charge on any atom is 0.292 e. The van der Waals surface area contributed by atoms with Crippen LogP contribution in [0.4, 0.5) is 0 Å². The largest absolute Gasteiger partial charge is 0.349 e. The maximum atomic E-state index is 11.5. The van der Waals surface area contributed by atoms with Gasteiger partial charge in [0.25, 0.3) is 5.91 Å². The molecule has 1 aromatic rings. The van der Waals surface area contributed by atoms with Crippen molar-refractivity contribution in [1.82, 2.24) is 5.32 Å². The molecule has 0 aromatic heterocycles. The van der Waals surface area contributed by atoms with Crippen molar-refractivity contribution in [2.75, 3.05) is 6.54 Å².